The van der Waals surface area contributed by atoms with Crippen molar-refractivity contribution in [1.82, 2.24) is 10.2 Å². The van der Waals surface area contributed by atoms with Gasteiger partial charge in [0, 0.05) is 13.1 Å². The third-order valence-corrected chi connectivity index (χ3v) is 4.02. The molecule has 1 saturated heterocycles. The fourth-order valence-corrected chi connectivity index (χ4v) is 2.12. The molecule has 2 atom stereocenters. The van der Waals surface area contributed by atoms with Crippen LogP contribution in [0.5, 0.6) is 0 Å². The summed E-state index contributed by atoms with van der Waals surface area (Å²) in [7, 11) is 0. The molecule has 0 spiro atoms. The monoisotopic (exact) mass is 256 g/mol. The molecule has 5 nitrogen and oxygen atoms in total. The number of urea groups is 1. The number of nitrogens with zero attached hydrogens (tertiary/aromatic N) is 1. The summed E-state index contributed by atoms with van der Waals surface area (Å²) in [5.74, 6) is 0.0891. The highest BCUT2D eigenvalue weighted by Gasteiger charge is 2.36. The third kappa shape index (κ3) is 3.15. The first kappa shape index (κ1) is 14.8. The van der Waals surface area contributed by atoms with Crippen LogP contribution in [0.1, 0.15) is 40.5 Å². The van der Waals surface area contributed by atoms with E-state index in [4.69, 9.17) is 5.11 Å². The average molecular weight is 256 g/mol. The maximum absolute atomic E-state index is 12.0. The summed E-state index contributed by atoms with van der Waals surface area (Å²) in [5.41, 5.74) is -1.17. The minimum Gasteiger partial charge on any atom is -0.480 e. The largest absolute Gasteiger partial charge is 0.480 e. The van der Waals surface area contributed by atoms with E-state index in [9.17, 15) is 9.59 Å². The second kappa shape index (κ2) is 5.59. The van der Waals surface area contributed by atoms with Gasteiger partial charge >= 0.3 is 12.0 Å². The molecule has 1 heterocycles. The van der Waals surface area contributed by atoms with E-state index in [-0.39, 0.29) is 6.03 Å². The molecule has 1 aliphatic heterocycles. The van der Waals surface area contributed by atoms with Gasteiger partial charge in [0.2, 0.25) is 0 Å². The van der Waals surface area contributed by atoms with Crippen molar-refractivity contribution in [2.45, 2.75) is 46.1 Å². The van der Waals surface area contributed by atoms with E-state index < -0.39 is 11.5 Å². The molecule has 0 aromatic heterocycles. The molecule has 0 bridgehead atoms. The van der Waals surface area contributed by atoms with E-state index in [1.807, 2.05) is 0 Å². The number of rotatable bonds is 4. The molecular weight excluding hydrogens is 232 g/mol. The van der Waals surface area contributed by atoms with E-state index in [0.717, 1.165) is 13.0 Å². The van der Waals surface area contributed by atoms with Crippen molar-refractivity contribution < 1.29 is 14.7 Å². The Kier molecular flexibility index (Phi) is 4.59. The lowest BCUT2D eigenvalue weighted by molar-refractivity contribution is -0.143. The highest BCUT2D eigenvalue weighted by molar-refractivity contribution is 5.85. The van der Waals surface area contributed by atoms with E-state index in [1.165, 1.54) is 0 Å². The third-order valence-electron chi connectivity index (χ3n) is 4.02. The zero-order valence-electron chi connectivity index (χ0n) is 11.7. The Labute approximate surface area is 109 Å². The standard InChI is InChI=1S/C13H24N2O3/c1-5-13(4,11(16)17)14-12(18)15-7-6-10(8-15)9(2)3/h9-10H,5-8H2,1-4H3,(H,14,18)(H,16,17). The van der Waals surface area contributed by atoms with Crippen LogP contribution in [0.2, 0.25) is 0 Å². The zero-order chi connectivity index (χ0) is 13.9. The normalized spacial score (nSPS) is 22.9. The highest BCUT2D eigenvalue weighted by Crippen LogP contribution is 2.24. The van der Waals surface area contributed by atoms with Crippen LogP contribution in [0.15, 0.2) is 0 Å². The van der Waals surface area contributed by atoms with Gasteiger partial charge in [-0.05, 0) is 31.6 Å². The number of carboxylic acids is 1. The van der Waals surface area contributed by atoms with Crippen LogP contribution in [0, 0.1) is 11.8 Å². The Morgan fingerprint density at radius 2 is 2.11 bits per heavy atom. The fraction of sp³-hybridized carbons (Fsp3) is 0.846. The summed E-state index contributed by atoms with van der Waals surface area (Å²) >= 11 is 0. The number of amides is 2. The summed E-state index contributed by atoms with van der Waals surface area (Å²) in [6, 6.07) is -0.259. The van der Waals surface area contributed by atoms with E-state index in [1.54, 1.807) is 18.7 Å². The van der Waals surface area contributed by atoms with Crippen molar-refractivity contribution in [3.8, 4) is 0 Å². The van der Waals surface area contributed by atoms with E-state index in [0.29, 0.717) is 24.8 Å². The van der Waals surface area contributed by atoms with Gasteiger partial charge in [0.05, 0.1) is 0 Å². The van der Waals surface area contributed by atoms with Crippen LogP contribution in [0.3, 0.4) is 0 Å². The number of carboxylic acid groups (broad SMARTS) is 1. The van der Waals surface area contributed by atoms with Gasteiger partial charge in [0.15, 0.2) is 0 Å². The van der Waals surface area contributed by atoms with Crippen LogP contribution in [0.25, 0.3) is 0 Å². The summed E-state index contributed by atoms with van der Waals surface area (Å²) in [4.78, 5) is 24.9. The quantitative estimate of drug-likeness (QED) is 0.807. The van der Waals surface area contributed by atoms with Gasteiger partial charge in [-0.3, -0.25) is 0 Å². The van der Waals surface area contributed by atoms with Crippen LogP contribution in [-0.4, -0.2) is 40.6 Å². The minimum atomic E-state index is -1.17. The van der Waals surface area contributed by atoms with Crippen molar-refractivity contribution in [3.05, 3.63) is 0 Å². The molecule has 2 amide bonds. The van der Waals surface area contributed by atoms with Gasteiger partial charge in [0.1, 0.15) is 5.54 Å². The summed E-state index contributed by atoms with van der Waals surface area (Å²) in [6.07, 6.45) is 1.37. The molecule has 1 rings (SSSR count). The Bertz CT molecular complexity index is 330. The molecule has 0 aliphatic carbocycles. The number of hydrogen-bond acceptors (Lipinski definition) is 2. The predicted octanol–water partition coefficient (Wildman–Crippen LogP) is 1.93. The number of likely N-dealkylation sites (tertiary alicyclic amines) is 1. The van der Waals surface area contributed by atoms with Gasteiger partial charge in [-0.1, -0.05) is 20.8 Å². The molecule has 2 N–H and O–H groups in total. The Morgan fingerprint density at radius 1 is 1.50 bits per heavy atom. The molecule has 2 unspecified atom stereocenters. The topological polar surface area (TPSA) is 69.6 Å². The first-order valence-electron chi connectivity index (χ1n) is 6.60. The predicted molar refractivity (Wildman–Crippen MR) is 69.4 cm³/mol. The van der Waals surface area contributed by atoms with Crippen LogP contribution >= 0.6 is 0 Å². The second-order valence-corrected chi connectivity index (χ2v) is 5.66. The van der Waals surface area contributed by atoms with Crippen molar-refractivity contribution in [1.29, 1.82) is 0 Å². The molecule has 104 valence electrons. The van der Waals surface area contributed by atoms with Gasteiger partial charge < -0.3 is 15.3 Å². The Hall–Kier alpha value is -1.26. The van der Waals surface area contributed by atoms with Crippen LogP contribution in [0.4, 0.5) is 4.79 Å². The molecular formula is C13H24N2O3. The van der Waals surface area contributed by atoms with Gasteiger partial charge in [-0.15, -0.1) is 0 Å². The van der Waals surface area contributed by atoms with Crippen molar-refractivity contribution in [3.63, 3.8) is 0 Å². The molecule has 18 heavy (non-hydrogen) atoms. The molecule has 0 saturated carbocycles. The average Bonchev–Trinajstić information content (AvgIpc) is 2.77. The lowest BCUT2D eigenvalue weighted by Crippen LogP contribution is -2.55. The number of hydrogen-bond donors (Lipinski definition) is 2. The fourth-order valence-electron chi connectivity index (χ4n) is 2.12. The van der Waals surface area contributed by atoms with Crippen molar-refractivity contribution >= 4 is 12.0 Å². The Balaban J connectivity index is 2.59. The molecule has 0 aromatic rings. The number of carbonyl (C=O) groups excluding carboxylic acids is 1. The summed E-state index contributed by atoms with van der Waals surface area (Å²) in [5, 5.41) is 11.8. The van der Waals surface area contributed by atoms with Crippen LogP contribution in [-0.2, 0) is 4.79 Å². The maximum atomic E-state index is 12.0. The van der Waals surface area contributed by atoms with Gasteiger partial charge in [-0.25, -0.2) is 9.59 Å². The summed E-state index contributed by atoms with van der Waals surface area (Å²) < 4.78 is 0. The number of aliphatic carboxylic acids is 1. The van der Waals surface area contributed by atoms with Crippen LogP contribution < -0.4 is 5.32 Å². The highest BCUT2D eigenvalue weighted by atomic mass is 16.4. The molecule has 5 heteroatoms. The number of carbonyl (C=O) groups is 2. The van der Waals surface area contributed by atoms with Gasteiger partial charge in [-0.2, -0.15) is 0 Å². The zero-order valence-corrected chi connectivity index (χ0v) is 11.7. The van der Waals surface area contributed by atoms with Gasteiger partial charge in [0.25, 0.3) is 0 Å². The maximum Gasteiger partial charge on any atom is 0.329 e. The van der Waals surface area contributed by atoms with E-state index in [2.05, 4.69) is 19.2 Å². The molecule has 1 aliphatic rings. The SMILES string of the molecule is CCC(C)(NC(=O)N1CCC(C(C)C)C1)C(=O)O. The first-order valence-corrected chi connectivity index (χ1v) is 6.60. The van der Waals surface area contributed by atoms with E-state index >= 15 is 0 Å². The Morgan fingerprint density at radius 3 is 2.50 bits per heavy atom. The smallest absolute Gasteiger partial charge is 0.329 e. The second-order valence-electron chi connectivity index (χ2n) is 5.66. The minimum absolute atomic E-state index is 0.259. The lowest BCUT2D eigenvalue weighted by Gasteiger charge is -2.28. The summed E-state index contributed by atoms with van der Waals surface area (Å²) in [6.45, 7) is 9.05. The molecule has 0 radical (unpaired) electrons. The first-order chi connectivity index (χ1) is 8.30. The lowest BCUT2D eigenvalue weighted by atomic mass is 9.95. The molecule has 0 aromatic carbocycles. The van der Waals surface area contributed by atoms with Crippen molar-refractivity contribution in [2.75, 3.05) is 13.1 Å². The molecule has 1 fully saturated rings. The number of nitrogens with one attached hydrogen (secondary N) is 1. The van der Waals surface area contributed by atoms with Crippen molar-refractivity contribution in [2.24, 2.45) is 11.8 Å².